The molecule has 0 spiro atoms. The van der Waals surface area contributed by atoms with Crippen molar-refractivity contribution in [3.63, 3.8) is 0 Å². The second-order valence-corrected chi connectivity index (χ2v) is 3.80. The Morgan fingerprint density at radius 3 is 2.79 bits per heavy atom. The zero-order valence-electron chi connectivity index (χ0n) is 8.41. The van der Waals surface area contributed by atoms with Crippen LogP contribution < -0.4 is 5.32 Å². The standard InChI is InChI=1S/C9H16N2O3/c1-9(13-6-7-14-9)2-4-11-5-3-10-8(11)12/h2-7H2,1H3,(H,10,12). The maximum atomic E-state index is 11.2. The van der Waals surface area contributed by atoms with Crippen LogP contribution in [0.25, 0.3) is 0 Å². The Morgan fingerprint density at radius 1 is 1.50 bits per heavy atom. The topological polar surface area (TPSA) is 50.8 Å². The molecule has 80 valence electrons. The van der Waals surface area contributed by atoms with Gasteiger partial charge in [-0.05, 0) is 6.92 Å². The van der Waals surface area contributed by atoms with Crippen molar-refractivity contribution < 1.29 is 14.3 Å². The van der Waals surface area contributed by atoms with Gasteiger partial charge in [0, 0.05) is 26.1 Å². The third-order valence-corrected chi connectivity index (χ3v) is 2.68. The van der Waals surface area contributed by atoms with Crippen LogP contribution in [0.4, 0.5) is 4.79 Å². The second kappa shape index (κ2) is 3.74. The third-order valence-electron chi connectivity index (χ3n) is 2.68. The van der Waals surface area contributed by atoms with Crippen LogP contribution >= 0.6 is 0 Å². The first-order valence-corrected chi connectivity index (χ1v) is 5.00. The molecule has 2 amide bonds. The van der Waals surface area contributed by atoms with Crippen molar-refractivity contribution >= 4 is 6.03 Å². The summed E-state index contributed by atoms with van der Waals surface area (Å²) in [5.74, 6) is -0.483. The van der Waals surface area contributed by atoms with Gasteiger partial charge < -0.3 is 19.7 Å². The molecule has 0 atom stereocenters. The van der Waals surface area contributed by atoms with Crippen LogP contribution in [-0.4, -0.2) is 49.6 Å². The molecule has 2 rings (SSSR count). The van der Waals surface area contributed by atoms with Crippen molar-refractivity contribution in [2.45, 2.75) is 19.1 Å². The zero-order valence-corrected chi connectivity index (χ0v) is 8.41. The van der Waals surface area contributed by atoms with Gasteiger partial charge in [0.25, 0.3) is 0 Å². The summed E-state index contributed by atoms with van der Waals surface area (Å²) in [4.78, 5) is 13.0. The van der Waals surface area contributed by atoms with E-state index in [0.29, 0.717) is 19.8 Å². The molecule has 2 saturated heterocycles. The van der Waals surface area contributed by atoms with E-state index in [9.17, 15) is 4.79 Å². The molecule has 14 heavy (non-hydrogen) atoms. The van der Waals surface area contributed by atoms with Crippen molar-refractivity contribution in [3.8, 4) is 0 Å². The molecule has 2 fully saturated rings. The first-order valence-electron chi connectivity index (χ1n) is 5.00. The molecule has 0 saturated carbocycles. The third kappa shape index (κ3) is 1.99. The average molecular weight is 200 g/mol. The number of hydrogen-bond donors (Lipinski definition) is 1. The summed E-state index contributed by atoms with van der Waals surface area (Å²) in [7, 11) is 0. The number of hydrogen-bond acceptors (Lipinski definition) is 3. The van der Waals surface area contributed by atoms with E-state index < -0.39 is 5.79 Å². The van der Waals surface area contributed by atoms with Crippen molar-refractivity contribution in [2.24, 2.45) is 0 Å². The van der Waals surface area contributed by atoms with Crippen molar-refractivity contribution in [3.05, 3.63) is 0 Å². The fraction of sp³-hybridized carbons (Fsp3) is 0.889. The Hall–Kier alpha value is -0.810. The molecular weight excluding hydrogens is 184 g/mol. The van der Waals surface area contributed by atoms with E-state index >= 15 is 0 Å². The molecule has 2 heterocycles. The minimum Gasteiger partial charge on any atom is -0.348 e. The maximum absolute atomic E-state index is 11.2. The highest BCUT2D eigenvalue weighted by Gasteiger charge is 2.32. The van der Waals surface area contributed by atoms with E-state index in [1.807, 2.05) is 6.92 Å². The second-order valence-electron chi connectivity index (χ2n) is 3.80. The normalized spacial score (nSPS) is 25.5. The van der Waals surface area contributed by atoms with Crippen LogP contribution in [0.15, 0.2) is 0 Å². The Balaban J connectivity index is 1.78. The first kappa shape index (κ1) is 9.73. The van der Waals surface area contributed by atoms with Crippen LogP contribution in [0.1, 0.15) is 13.3 Å². The Morgan fingerprint density at radius 2 is 2.21 bits per heavy atom. The van der Waals surface area contributed by atoms with E-state index in [1.54, 1.807) is 4.90 Å². The summed E-state index contributed by atoms with van der Waals surface area (Å²) in [5.41, 5.74) is 0. The van der Waals surface area contributed by atoms with Gasteiger partial charge in [0.05, 0.1) is 13.2 Å². The quantitative estimate of drug-likeness (QED) is 0.706. The van der Waals surface area contributed by atoms with Crippen LogP contribution in [0.2, 0.25) is 0 Å². The fourth-order valence-electron chi connectivity index (χ4n) is 1.76. The lowest BCUT2D eigenvalue weighted by Crippen LogP contribution is -2.35. The van der Waals surface area contributed by atoms with E-state index in [-0.39, 0.29) is 6.03 Å². The molecule has 5 nitrogen and oxygen atoms in total. The average Bonchev–Trinajstić information content (AvgIpc) is 2.73. The minimum atomic E-state index is -0.483. The molecule has 2 aliphatic rings. The number of carbonyl (C=O) groups excluding carboxylic acids is 1. The minimum absolute atomic E-state index is 0.0200. The highest BCUT2D eigenvalue weighted by Crippen LogP contribution is 2.22. The summed E-state index contributed by atoms with van der Waals surface area (Å²) >= 11 is 0. The van der Waals surface area contributed by atoms with Gasteiger partial charge in [-0.2, -0.15) is 0 Å². The SMILES string of the molecule is CC1(CCN2CCNC2=O)OCCO1. The molecule has 0 bridgehead atoms. The van der Waals surface area contributed by atoms with Gasteiger partial charge in [0.15, 0.2) is 5.79 Å². The number of ether oxygens (including phenoxy) is 2. The Bertz CT molecular complexity index is 226. The number of rotatable bonds is 3. The summed E-state index contributed by atoms with van der Waals surface area (Å²) in [5, 5.41) is 2.76. The van der Waals surface area contributed by atoms with Gasteiger partial charge in [-0.25, -0.2) is 4.79 Å². The van der Waals surface area contributed by atoms with Gasteiger partial charge in [0.1, 0.15) is 0 Å². The van der Waals surface area contributed by atoms with Gasteiger partial charge in [-0.3, -0.25) is 0 Å². The lowest BCUT2D eigenvalue weighted by molar-refractivity contribution is -0.147. The molecule has 0 aliphatic carbocycles. The number of carbonyl (C=O) groups is 1. The largest absolute Gasteiger partial charge is 0.348 e. The Kier molecular flexibility index (Phi) is 2.60. The lowest BCUT2D eigenvalue weighted by Gasteiger charge is -2.24. The summed E-state index contributed by atoms with van der Waals surface area (Å²) in [6, 6.07) is 0.0200. The van der Waals surface area contributed by atoms with Crippen molar-refractivity contribution in [2.75, 3.05) is 32.8 Å². The monoisotopic (exact) mass is 200 g/mol. The number of nitrogens with zero attached hydrogens (tertiary/aromatic N) is 1. The molecular formula is C9H16N2O3. The molecule has 2 aliphatic heterocycles. The summed E-state index contributed by atoms with van der Waals surface area (Å²) in [6.45, 7) is 5.47. The van der Waals surface area contributed by atoms with Crippen LogP contribution in [-0.2, 0) is 9.47 Å². The highest BCUT2D eigenvalue weighted by atomic mass is 16.7. The van der Waals surface area contributed by atoms with Gasteiger partial charge >= 0.3 is 6.03 Å². The molecule has 0 radical (unpaired) electrons. The van der Waals surface area contributed by atoms with Crippen LogP contribution in [0.3, 0.4) is 0 Å². The van der Waals surface area contributed by atoms with Gasteiger partial charge in [0.2, 0.25) is 0 Å². The molecule has 0 aromatic heterocycles. The van der Waals surface area contributed by atoms with Gasteiger partial charge in [-0.15, -0.1) is 0 Å². The lowest BCUT2D eigenvalue weighted by atomic mass is 10.2. The Labute approximate surface area is 83.3 Å². The predicted octanol–water partition coefficient (Wildman–Crippen LogP) is 0.165. The van der Waals surface area contributed by atoms with Crippen molar-refractivity contribution in [1.82, 2.24) is 10.2 Å². The fourth-order valence-corrected chi connectivity index (χ4v) is 1.76. The van der Waals surface area contributed by atoms with E-state index in [0.717, 1.165) is 19.5 Å². The van der Waals surface area contributed by atoms with E-state index in [2.05, 4.69) is 5.32 Å². The first-order chi connectivity index (χ1) is 6.70. The zero-order chi connectivity index (χ0) is 10.0. The molecule has 1 N–H and O–H groups in total. The number of amides is 2. The van der Waals surface area contributed by atoms with Gasteiger partial charge in [-0.1, -0.05) is 0 Å². The highest BCUT2D eigenvalue weighted by molar-refractivity contribution is 5.76. The van der Waals surface area contributed by atoms with E-state index in [1.165, 1.54) is 0 Å². The smallest absolute Gasteiger partial charge is 0.317 e. The molecule has 5 heteroatoms. The van der Waals surface area contributed by atoms with Crippen LogP contribution in [0, 0.1) is 0 Å². The maximum Gasteiger partial charge on any atom is 0.317 e. The predicted molar refractivity (Wildman–Crippen MR) is 49.9 cm³/mol. The molecule has 0 aromatic carbocycles. The molecule has 0 unspecified atom stereocenters. The molecule has 0 aromatic rings. The van der Waals surface area contributed by atoms with E-state index in [4.69, 9.17) is 9.47 Å². The van der Waals surface area contributed by atoms with Crippen LogP contribution in [0.5, 0.6) is 0 Å². The summed E-state index contributed by atoms with van der Waals surface area (Å²) in [6.07, 6.45) is 0.737. The van der Waals surface area contributed by atoms with Crippen molar-refractivity contribution in [1.29, 1.82) is 0 Å². The summed E-state index contributed by atoms with van der Waals surface area (Å²) < 4.78 is 10.9. The number of urea groups is 1. The number of nitrogens with one attached hydrogen (secondary N) is 1.